The van der Waals surface area contributed by atoms with Crippen molar-refractivity contribution in [3.05, 3.63) is 0 Å². The van der Waals surface area contributed by atoms with Gasteiger partial charge >= 0.3 is 5.97 Å². The SMILES string of the molecule is CCCCCCCC(C)(CC(=O)OCC)N(C)C. The van der Waals surface area contributed by atoms with Crippen molar-refractivity contribution >= 4 is 5.97 Å². The minimum absolute atomic E-state index is 0.0710. The molecule has 0 aliphatic carbocycles. The predicted octanol–water partition coefficient (Wildman–Crippen LogP) is 3.62. The molecule has 3 heteroatoms. The highest BCUT2D eigenvalue weighted by atomic mass is 16.5. The predicted molar refractivity (Wildman–Crippen MR) is 76.7 cm³/mol. The Morgan fingerprint density at radius 2 is 1.72 bits per heavy atom. The van der Waals surface area contributed by atoms with Crippen LogP contribution in [0.2, 0.25) is 0 Å². The van der Waals surface area contributed by atoms with E-state index in [2.05, 4.69) is 18.7 Å². The van der Waals surface area contributed by atoms with Crippen molar-refractivity contribution in [2.24, 2.45) is 0 Å². The Bertz CT molecular complexity index is 229. The van der Waals surface area contributed by atoms with Gasteiger partial charge in [-0.25, -0.2) is 0 Å². The molecule has 0 heterocycles. The van der Waals surface area contributed by atoms with Gasteiger partial charge in [-0.2, -0.15) is 0 Å². The van der Waals surface area contributed by atoms with Crippen molar-refractivity contribution in [2.45, 2.75) is 71.3 Å². The molecule has 0 fully saturated rings. The molecular formula is C15H31NO2. The monoisotopic (exact) mass is 257 g/mol. The highest BCUT2D eigenvalue weighted by molar-refractivity contribution is 5.70. The summed E-state index contributed by atoms with van der Waals surface area (Å²) in [7, 11) is 4.09. The Morgan fingerprint density at radius 3 is 2.22 bits per heavy atom. The van der Waals surface area contributed by atoms with Crippen LogP contribution in [0.3, 0.4) is 0 Å². The van der Waals surface area contributed by atoms with Crippen LogP contribution in [0, 0.1) is 0 Å². The zero-order valence-electron chi connectivity index (χ0n) is 12.9. The van der Waals surface area contributed by atoms with Gasteiger partial charge in [-0.1, -0.05) is 39.0 Å². The normalized spacial score (nSPS) is 14.6. The summed E-state index contributed by atoms with van der Waals surface area (Å²) in [5, 5.41) is 0. The van der Waals surface area contributed by atoms with Crippen molar-refractivity contribution in [2.75, 3.05) is 20.7 Å². The van der Waals surface area contributed by atoms with Crippen LogP contribution in [-0.4, -0.2) is 37.1 Å². The average molecular weight is 257 g/mol. The topological polar surface area (TPSA) is 29.5 Å². The summed E-state index contributed by atoms with van der Waals surface area (Å²) in [4.78, 5) is 13.8. The first-order valence-electron chi connectivity index (χ1n) is 7.29. The maximum absolute atomic E-state index is 11.6. The maximum atomic E-state index is 11.6. The summed E-state index contributed by atoms with van der Waals surface area (Å²) in [5.74, 6) is -0.0812. The van der Waals surface area contributed by atoms with E-state index >= 15 is 0 Å². The number of carbonyl (C=O) groups is 1. The van der Waals surface area contributed by atoms with Gasteiger partial charge in [0, 0.05) is 5.54 Å². The molecule has 0 spiro atoms. The lowest BCUT2D eigenvalue weighted by Crippen LogP contribution is -2.43. The van der Waals surface area contributed by atoms with E-state index in [1.807, 2.05) is 21.0 Å². The first kappa shape index (κ1) is 17.4. The first-order chi connectivity index (χ1) is 8.46. The Kier molecular flexibility index (Phi) is 9.08. The van der Waals surface area contributed by atoms with E-state index < -0.39 is 0 Å². The number of rotatable bonds is 10. The molecule has 0 amide bonds. The van der Waals surface area contributed by atoms with Gasteiger partial charge in [-0.05, 0) is 34.4 Å². The fourth-order valence-corrected chi connectivity index (χ4v) is 2.10. The third-order valence-corrected chi connectivity index (χ3v) is 3.73. The molecule has 1 atom stereocenters. The largest absolute Gasteiger partial charge is 0.466 e. The van der Waals surface area contributed by atoms with E-state index in [1.165, 1.54) is 32.1 Å². The molecule has 0 saturated carbocycles. The second-order valence-electron chi connectivity index (χ2n) is 5.54. The van der Waals surface area contributed by atoms with Crippen molar-refractivity contribution in [3.63, 3.8) is 0 Å². The molecule has 0 rings (SSSR count). The number of esters is 1. The van der Waals surface area contributed by atoms with Crippen molar-refractivity contribution in [1.29, 1.82) is 0 Å². The van der Waals surface area contributed by atoms with E-state index in [0.29, 0.717) is 13.0 Å². The van der Waals surface area contributed by atoms with E-state index in [-0.39, 0.29) is 11.5 Å². The van der Waals surface area contributed by atoms with Crippen LogP contribution in [0.5, 0.6) is 0 Å². The second kappa shape index (κ2) is 9.37. The van der Waals surface area contributed by atoms with E-state index in [9.17, 15) is 4.79 Å². The summed E-state index contributed by atoms with van der Waals surface area (Å²) in [5.41, 5.74) is -0.0710. The number of unbranched alkanes of at least 4 members (excludes halogenated alkanes) is 4. The van der Waals surface area contributed by atoms with Gasteiger partial charge in [0.25, 0.3) is 0 Å². The quantitative estimate of drug-likeness (QED) is 0.442. The molecule has 1 unspecified atom stereocenters. The fraction of sp³-hybridized carbons (Fsp3) is 0.933. The summed E-state index contributed by atoms with van der Waals surface area (Å²) >= 11 is 0. The van der Waals surface area contributed by atoms with Crippen molar-refractivity contribution in [3.8, 4) is 0 Å². The number of carbonyl (C=O) groups excluding carboxylic acids is 1. The number of nitrogens with zero attached hydrogens (tertiary/aromatic N) is 1. The molecule has 3 nitrogen and oxygen atoms in total. The number of hydrogen-bond donors (Lipinski definition) is 0. The zero-order chi connectivity index (χ0) is 14.0. The molecule has 0 saturated heterocycles. The van der Waals surface area contributed by atoms with E-state index in [4.69, 9.17) is 4.74 Å². The molecule has 0 bridgehead atoms. The lowest BCUT2D eigenvalue weighted by molar-refractivity contribution is -0.146. The van der Waals surface area contributed by atoms with Gasteiger partial charge in [0.2, 0.25) is 0 Å². The highest BCUT2D eigenvalue weighted by Gasteiger charge is 2.29. The lowest BCUT2D eigenvalue weighted by Gasteiger charge is -2.36. The molecule has 0 aromatic carbocycles. The van der Waals surface area contributed by atoms with Crippen molar-refractivity contribution < 1.29 is 9.53 Å². The minimum Gasteiger partial charge on any atom is -0.466 e. The molecule has 0 aliphatic heterocycles. The smallest absolute Gasteiger partial charge is 0.307 e. The van der Waals surface area contributed by atoms with Crippen LogP contribution in [0.25, 0.3) is 0 Å². The summed E-state index contributed by atoms with van der Waals surface area (Å²) < 4.78 is 5.07. The maximum Gasteiger partial charge on any atom is 0.307 e. The number of ether oxygens (including phenoxy) is 1. The first-order valence-corrected chi connectivity index (χ1v) is 7.29. The van der Waals surface area contributed by atoms with Crippen molar-refractivity contribution in [1.82, 2.24) is 4.90 Å². The van der Waals surface area contributed by atoms with Gasteiger partial charge in [0.1, 0.15) is 0 Å². The van der Waals surface area contributed by atoms with Crippen LogP contribution in [0.15, 0.2) is 0 Å². The van der Waals surface area contributed by atoms with Crippen LogP contribution >= 0.6 is 0 Å². The van der Waals surface area contributed by atoms with Gasteiger partial charge in [-0.3, -0.25) is 4.79 Å². The van der Waals surface area contributed by atoms with Gasteiger partial charge in [0.15, 0.2) is 0 Å². The van der Waals surface area contributed by atoms with Crippen LogP contribution < -0.4 is 0 Å². The fourth-order valence-electron chi connectivity index (χ4n) is 2.10. The zero-order valence-corrected chi connectivity index (χ0v) is 12.9. The standard InChI is InChI=1S/C15H31NO2/c1-6-8-9-10-11-12-15(3,16(4)5)13-14(17)18-7-2/h6-13H2,1-5H3. The third-order valence-electron chi connectivity index (χ3n) is 3.73. The van der Waals surface area contributed by atoms with Gasteiger partial charge in [-0.15, -0.1) is 0 Å². The molecular weight excluding hydrogens is 226 g/mol. The Balaban J connectivity index is 4.13. The Labute approximate surface area is 113 Å². The summed E-state index contributed by atoms with van der Waals surface area (Å²) in [6, 6.07) is 0. The Morgan fingerprint density at radius 1 is 1.11 bits per heavy atom. The third kappa shape index (κ3) is 7.00. The average Bonchev–Trinajstić information content (AvgIpc) is 2.28. The van der Waals surface area contributed by atoms with Crippen LogP contribution in [0.4, 0.5) is 0 Å². The molecule has 0 radical (unpaired) electrons. The summed E-state index contributed by atoms with van der Waals surface area (Å²) in [6.07, 6.45) is 7.89. The van der Waals surface area contributed by atoms with E-state index in [1.54, 1.807) is 0 Å². The molecule has 108 valence electrons. The van der Waals surface area contributed by atoms with Crippen LogP contribution in [0.1, 0.15) is 65.7 Å². The molecule has 0 N–H and O–H groups in total. The molecule has 0 aromatic rings. The van der Waals surface area contributed by atoms with Gasteiger partial charge < -0.3 is 9.64 Å². The highest BCUT2D eigenvalue weighted by Crippen LogP contribution is 2.25. The Hall–Kier alpha value is -0.570. The number of hydrogen-bond acceptors (Lipinski definition) is 3. The summed E-state index contributed by atoms with van der Waals surface area (Å²) in [6.45, 7) is 6.71. The second-order valence-corrected chi connectivity index (χ2v) is 5.54. The van der Waals surface area contributed by atoms with Crippen LogP contribution in [-0.2, 0) is 9.53 Å². The molecule has 18 heavy (non-hydrogen) atoms. The van der Waals surface area contributed by atoms with E-state index in [0.717, 1.165) is 6.42 Å². The molecule has 0 aliphatic rings. The molecule has 0 aromatic heterocycles. The lowest BCUT2D eigenvalue weighted by atomic mass is 9.89. The minimum atomic E-state index is -0.0812. The van der Waals surface area contributed by atoms with Gasteiger partial charge in [0.05, 0.1) is 13.0 Å².